The maximum absolute atomic E-state index is 13.2. The number of hydrogen-bond donors (Lipinski definition) is 0. The third-order valence-electron chi connectivity index (χ3n) is 4.58. The van der Waals surface area contributed by atoms with Crippen LogP contribution in [0.3, 0.4) is 0 Å². The summed E-state index contributed by atoms with van der Waals surface area (Å²) < 4.78 is 7.12. The van der Waals surface area contributed by atoms with E-state index in [9.17, 15) is 4.79 Å². The van der Waals surface area contributed by atoms with E-state index in [-0.39, 0.29) is 17.5 Å². The topological polar surface area (TPSA) is 73.8 Å². The molecule has 0 unspecified atom stereocenters. The minimum absolute atomic E-state index is 0.0489. The summed E-state index contributed by atoms with van der Waals surface area (Å²) in [5, 5.41) is 5.56. The normalized spacial score (nSPS) is 14.1. The van der Waals surface area contributed by atoms with Crippen molar-refractivity contribution >= 4 is 33.3 Å². The molecule has 26 heavy (non-hydrogen) atoms. The Labute approximate surface area is 160 Å². The lowest BCUT2D eigenvalue weighted by Crippen LogP contribution is -2.25. The van der Waals surface area contributed by atoms with Gasteiger partial charge in [-0.3, -0.25) is 9.36 Å². The highest BCUT2D eigenvalue weighted by Gasteiger charge is 2.24. The van der Waals surface area contributed by atoms with Gasteiger partial charge in [-0.15, -0.1) is 11.3 Å². The fourth-order valence-electron chi connectivity index (χ4n) is 3.28. The molecule has 3 aromatic rings. The molecule has 4 rings (SSSR count). The van der Waals surface area contributed by atoms with Crippen molar-refractivity contribution in [3.63, 3.8) is 0 Å². The van der Waals surface area contributed by atoms with Gasteiger partial charge in [-0.1, -0.05) is 30.8 Å². The van der Waals surface area contributed by atoms with Gasteiger partial charge < -0.3 is 4.52 Å². The summed E-state index contributed by atoms with van der Waals surface area (Å²) in [6.07, 6.45) is 3.21. The Balaban J connectivity index is 1.71. The first kappa shape index (κ1) is 17.7. The molecule has 8 heteroatoms. The van der Waals surface area contributed by atoms with Crippen LogP contribution in [0, 0.1) is 0 Å². The summed E-state index contributed by atoms with van der Waals surface area (Å²) in [6.45, 7) is 8.11. The van der Waals surface area contributed by atoms with Gasteiger partial charge in [0.05, 0.1) is 11.1 Å². The Hall–Kier alpha value is -1.67. The van der Waals surface area contributed by atoms with Crippen LogP contribution in [0.5, 0.6) is 0 Å². The molecule has 0 fully saturated rings. The monoisotopic (exact) mass is 390 g/mol. The van der Waals surface area contributed by atoms with E-state index >= 15 is 0 Å². The number of fused-ring (bicyclic) bond motifs is 3. The molecule has 0 N–H and O–H groups in total. The summed E-state index contributed by atoms with van der Waals surface area (Å²) in [7, 11) is 0. The average Bonchev–Trinajstić information content (AvgIpc) is 3.27. The van der Waals surface area contributed by atoms with Crippen molar-refractivity contribution in [1.29, 1.82) is 0 Å². The van der Waals surface area contributed by atoms with Crippen LogP contribution in [0.2, 0.25) is 0 Å². The molecule has 1 aliphatic rings. The van der Waals surface area contributed by atoms with Crippen molar-refractivity contribution < 1.29 is 4.52 Å². The predicted molar refractivity (Wildman–Crippen MR) is 104 cm³/mol. The molecule has 0 saturated carbocycles. The van der Waals surface area contributed by atoms with Gasteiger partial charge in [0, 0.05) is 16.8 Å². The van der Waals surface area contributed by atoms with Gasteiger partial charge in [0.25, 0.3) is 5.56 Å². The highest BCUT2D eigenvalue weighted by atomic mass is 32.2. The standard InChI is InChI=1S/C18H22N4O2S2/c1-9(2)15-19-13(24-21-15)8-25-18-20-16-14(17(23)22(18)10(3)4)11-6-5-7-12(11)26-16/h9-10H,5-8H2,1-4H3. The maximum atomic E-state index is 13.2. The first-order valence-corrected chi connectivity index (χ1v) is 10.8. The Kier molecular flexibility index (Phi) is 4.64. The third-order valence-corrected chi connectivity index (χ3v) is 6.70. The largest absolute Gasteiger partial charge is 0.338 e. The molecule has 138 valence electrons. The zero-order valence-electron chi connectivity index (χ0n) is 15.4. The van der Waals surface area contributed by atoms with Crippen LogP contribution in [-0.4, -0.2) is 19.7 Å². The van der Waals surface area contributed by atoms with Gasteiger partial charge >= 0.3 is 0 Å². The molecule has 0 atom stereocenters. The Morgan fingerprint density at radius 1 is 1.23 bits per heavy atom. The lowest BCUT2D eigenvalue weighted by atomic mass is 10.2. The van der Waals surface area contributed by atoms with Crippen molar-refractivity contribution in [2.45, 2.75) is 69.8 Å². The van der Waals surface area contributed by atoms with E-state index < -0.39 is 0 Å². The molecule has 1 aliphatic carbocycles. The number of aryl methyl sites for hydroxylation is 2. The SMILES string of the molecule is CC(C)c1noc(CSc2nc3sc4c(c3c(=O)n2C(C)C)CCC4)n1. The summed E-state index contributed by atoms with van der Waals surface area (Å²) in [5.74, 6) is 2.02. The molecule has 0 spiro atoms. The van der Waals surface area contributed by atoms with Crippen LogP contribution >= 0.6 is 23.1 Å². The molecule has 0 radical (unpaired) electrons. The van der Waals surface area contributed by atoms with Crippen LogP contribution in [0.15, 0.2) is 14.5 Å². The van der Waals surface area contributed by atoms with Crippen LogP contribution in [0.25, 0.3) is 10.2 Å². The van der Waals surface area contributed by atoms with E-state index in [2.05, 4.69) is 10.1 Å². The minimum atomic E-state index is 0.0489. The van der Waals surface area contributed by atoms with Crippen molar-refractivity contribution in [2.75, 3.05) is 0 Å². The van der Waals surface area contributed by atoms with Gasteiger partial charge in [0.15, 0.2) is 11.0 Å². The number of thioether (sulfide) groups is 1. The van der Waals surface area contributed by atoms with E-state index in [0.29, 0.717) is 17.5 Å². The number of nitrogens with zero attached hydrogens (tertiary/aromatic N) is 4. The molecule has 3 heterocycles. The smallest absolute Gasteiger partial charge is 0.263 e. The molecule has 3 aromatic heterocycles. The van der Waals surface area contributed by atoms with Gasteiger partial charge in [0.2, 0.25) is 5.89 Å². The van der Waals surface area contributed by atoms with Gasteiger partial charge in [-0.25, -0.2) is 4.98 Å². The average molecular weight is 391 g/mol. The Morgan fingerprint density at radius 2 is 2.04 bits per heavy atom. The van der Waals surface area contributed by atoms with E-state index in [0.717, 1.165) is 34.6 Å². The summed E-state index contributed by atoms with van der Waals surface area (Å²) >= 11 is 3.16. The van der Waals surface area contributed by atoms with Crippen molar-refractivity contribution in [3.05, 3.63) is 32.5 Å². The van der Waals surface area contributed by atoms with E-state index in [1.807, 2.05) is 27.7 Å². The highest BCUT2D eigenvalue weighted by molar-refractivity contribution is 7.98. The molecule has 0 saturated heterocycles. The van der Waals surface area contributed by atoms with E-state index in [1.54, 1.807) is 15.9 Å². The highest BCUT2D eigenvalue weighted by Crippen LogP contribution is 2.36. The molecule has 0 aliphatic heterocycles. The third kappa shape index (κ3) is 2.99. The van der Waals surface area contributed by atoms with Crippen LogP contribution in [0.1, 0.15) is 68.2 Å². The number of hydrogen-bond acceptors (Lipinski definition) is 7. The zero-order valence-corrected chi connectivity index (χ0v) is 17.0. The van der Waals surface area contributed by atoms with Crippen molar-refractivity contribution in [3.8, 4) is 0 Å². The van der Waals surface area contributed by atoms with E-state index in [4.69, 9.17) is 9.51 Å². The summed E-state index contributed by atoms with van der Waals surface area (Å²) in [5.41, 5.74) is 1.31. The number of rotatable bonds is 5. The fraction of sp³-hybridized carbons (Fsp3) is 0.556. The Morgan fingerprint density at radius 3 is 2.73 bits per heavy atom. The van der Waals surface area contributed by atoms with Crippen molar-refractivity contribution in [2.24, 2.45) is 0 Å². The van der Waals surface area contributed by atoms with Crippen LogP contribution in [-0.2, 0) is 18.6 Å². The number of thiophene rings is 1. The molecular formula is C18H22N4O2S2. The number of aromatic nitrogens is 4. The van der Waals surface area contributed by atoms with Crippen molar-refractivity contribution in [1.82, 2.24) is 19.7 Å². The quantitative estimate of drug-likeness (QED) is 0.477. The lowest BCUT2D eigenvalue weighted by Gasteiger charge is -2.14. The zero-order chi connectivity index (χ0) is 18.4. The second-order valence-electron chi connectivity index (χ2n) is 7.19. The van der Waals surface area contributed by atoms with Gasteiger partial charge in [-0.05, 0) is 38.7 Å². The second kappa shape index (κ2) is 6.81. The molecule has 0 amide bonds. The van der Waals surface area contributed by atoms with Gasteiger partial charge in [-0.2, -0.15) is 4.98 Å². The second-order valence-corrected chi connectivity index (χ2v) is 9.22. The van der Waals surface area contributed by atoms with Crippen LogP contribution < -0.4 is 5.56 Å². The first-order chi connectivity index (χ1) is 12.5. The minimum Gasteiger partial charge on any atom is -0.338 e. The lowest BCUT2D eigenvalue weighted by molar-refractivity contribution is 0.382. The summed E-state index contributed by atoms with van der Waals surface area (Å²) in [4.78, 5) is 24.6. The molecule has 6 nitrogen and oxygen atoms in total. The Bertz CT molecular complexity index is 1020. The molecule has 0 aromatic carbocycles. The summed E-state index contributed by atoms with van der Waals surface area (Å²) in [6, 6.07) is 0.0489. The fourth-order valence-corrected chi connectivity index (χ4v) is 5.55. The van der Waals surface area contributed by atoms with Gasteiger partial charge in [0.1, 0.15) is 4.83 Å². The van der Waals surface area contributed by atoms with E-state index in [1.165, 1.54) is 22.2 Å². The molecular weight excluding hydrogens is 368 g/mol. The van der Waals surface area contributed by atoms with Crippen LogP contribution in [0.4, 0.5) is 0 Å². The maximum Gasteiger partial charge on any atom is 0.263 e. The first-order valence-electron chi connectivity index (χ1n) is 8.97. The predicted octanol–water partition coefficient (Wildman–Crippen LogP) is 4.33. The molecule has 0 bridgehead atoms.